The van der Waals surface area contributed by atoms with Crippen molar-refractivity contribution < 1.29 is 19.4 Å². The van der Waals surface area contributed by atoms with Crippen LogP contribution in [0.15, 0.2) is 72.8 Å². The molecular weight excluding hydrogens is 436 g/mol. The summed E-state index contributed by atoms with van der Waals surface area (Å²) in [5.74, 6) is -1.17. The van der Waals surface area contributed by atoms with Gasteiger partial charge in [-0.15, -0.1) is 11.3 Å². The highest BCUT2D eigenvalue weighted by atomic mass is 32.1. The first-order valence-corrected chi connectivity index (χ1v) is 11.6. The van der Waals surface area contributed by atoms with Gasteiger partial charge in [0.2, 0.25) is 0 Å². The van der Waals surface area contributed by atoms with Crippen LogP contribution in [0.25, 0.3) is 21.3 Å². The second-order valence-corrected chi connectivity index (χ2v) is 9.09. The smallest absolute Gasteiger partial charge is 0.407 e. The molecule has 0 fully saturated rings. The number of hydrogen-bond donors (Lipinski definition) is 2. The number of ether oxygens (including phenoxy) is 1. The van der Waals surface area contributed by atoms with Gasteiger partial charge in [0.15, 0.2) is 0 Å². The molecular formula is C26H22N2O4S. The number of aliphatic carboxylic acids is 1. The maximum atomic E-state index is 12.5. The van der Waals surface area contributed by atoms with Gasteiger partial charge in [0.1, 0.15) is 12.6 Å². The van der Waals surface area contributed by atoms with Gasteiger partial charge in [0, 0.05) is 12.3 Å². The summed E-state index contributed by atoms with van der Waals surface area (Å²) in [5.41, 5.74) is 5.39. The van der Waals surface area contributed by atoms with Crippen LogP contribution in [-0.2, 0) is 16.0 Å². The molecule has 0 saturated heterocycles. The van der Waals surface area contributed by atoms with Gasteiger partial charge in [-0.1, -0.05) is 60.7 Å². The number of amides is 1. The highest BCUT2D eigenvalue weighted by molar-refractivity contribution is 7.18. The maximum Gasteiger partial charge on any atom is 0.407 e. The van der Waals surface area contributed by atoms with Gasteiger partial charge < -0.3 is 15.2 Å². The molecule has 0 saturated carbocycles. The molecule has 1 aliphatic rings. The molecule has 1 aliphatic carbocycles. The van der Waals surface area contributed by atoms with Crippen LogP contribution in [0, 0.1) is 0 Å². The third-order valence-corrected chi connectivity index (χ3v) is 7.02. The molecule has 33 heavy (non-hydrogen) atoms. The lowest BCUT2D eigenvalue weighted by Crippen LogP contribution is -2.41. The molecule has 1 amide bonds. The number of nitrogens with one attached hydrogen (secondary N) is 1. The van der Waals surface area contributed by atoms with Crippen LogP contribution in [0.1, 0.15) is 28.5 Å². The third kappa shape index (κ3) is 4.32. The fraction of sp³-hybridized carbons (Fsp3) is 0.192. The van der Waals surface area contributed by atoms with E-state index in [0.717, 1.165) is 37.5 Å². The Morgan fingerprint density at radius 1 is 0.970 bits per heavy atom. The SMILES string of the molecule is O=C(N[C@@H](CCc1nc2ccccc2s1)C(=O)O)OCC1c2ccccc2-c2ccccc21. The van der Waals surface area contributed by atoms with Gasteiger partial charge in [0.05, 0.1) is 15.2 Å². The van der Waals surface area contributed by atoms with E-state index in [0.29, 0.717) is 6.42 Å². The van der Waals surface area contributed by atoms with E-state index in [4.69, 9.17) is 4.74 Å². The van der Waals surface area contributed by atoms with Crippen molar-refractivity contribution in [1.29, 1.82) is 0 Å². The average molecular weight is 459 g/mol. The Kier molecular flexibility index (Phi) is 5.79. The lowest BCUT2D eigenvalue weighted by Gasteiger charge is -2.17. The summed E-state index contributed by atoms with van der Waals surface area (Å²) in [7, 11) is 0. The predicted molar refractivity (Wildman–Crippen MR) is 128 cm³/mol. The Morgan fingerprint density at radius 2 is 1.61 bits per heavy atom. The zero-order valence-corrected chi connectivity index (χ0v) is 18.5. The van der Waals surface area contributed by atoms with Crippen molar-refractivity contribution in [3.63, 3.8) is 0 Å². The number of aryl methyl sites for hydroxylation is 1. The van der Waals surface area contributed by atoms with Gasteiger partial charge >= 0.3 is 12.1 Å². The molecule has 1 aromatic heterocycles. The van der Waals surface area contributed by atoms with Gasteiger partial charge in [-0.2, -0.15) is 0 Å². The van der Waals surface area contributed by atoms with Crippen molar-refractivity contribution in [2.24, 2.45) is 0 Å². The molecule has 3 aromatic carbocycles. The summed E-state index contributed by atoms with van der Waals surface area (Å²) in [4.78, 5) is 28.7. The number of nitrogens with zero attached hydrogens (tertiary/aromatic N) is 1. The van der Waals surface area contributed by atoms with Crippen molar-refractivity contribution in [2.45, 2.75) is 24.8 Å². The predicted octanol–water partition coefficient (Wildman–Crippen LogP) is 5.22. The van der Waals surface area contributed by atoms with E-state index in [-0.39, 0.29) is 18.9 Å². The molecule has 0 spiro atoms. The minimum atomic E-state index is -1.09. The molecule has 4 aromatic rings. The largest absolute Gasteiger partial charge is 0.480 e. The van der Waals surface area contributed by atoms with Crippen LogP contribution >= 0.6 is 11.3 Å². The van der Waals surface area contributed by atoms with E-state index in [2.05, 4.69) is 22.4 Å². The standard InChI is InChI=1S/C26H22N2O4S/c29-25(30)22(13-14-24-27-21-11-5-6-12-23(21)33-24)28-26(31)32-15-20-18-9-3-1-7-16(18)17-8-2-4-10-19(17)20/h1-12,20,22H,13-15H2,(H,28,31)(H,29,30)/t22-/m0/s1. The summed E-state index contributed by atoms with van der Waals surface area (Å²) in [6.07, 6.45) is -0.0344. The van der Waals surface area contributed by atoms with Gasteiger partial charge in [-0.3, -0.25) is 0 Å². The first-order chi connectivity index (χ1) is 16.1. The third-order valence-electron chi connectivity index (χ3n) is 5.92. The zero-order chi connectivity index (χ0) is 22.8. The maximum absolute atomic E-state index is 12.5. The molecule has 0 bridgehead atoms. The molecule has 0 radical (unpaired) electrons. The molecule has 166 valence electrons. The van der Waals surface area contributed by atoms with Crippen LogP contribution in [0.5, 0.6) is 0 Å². The highest BCUT2D eigenvalue weighted by Gasteiger charge is 2.29. The monoisotopic (exact) mass is 458 g/mol. The molecule has 1 heterocycles. The Hall–Kier alpha value is -3.71. The van der Waals surface area contributed by atoms with Crippen molar-refractivity contribution in [3.8, 4) is 11.1 Å². The van der Waals surface area contributed by atoms with Crippen molar-refractivity contribution >= 4 is 33.6 Å². The number of rotatable bonds is 7. The van der Waals surface area contributed by atoms with E-state index in [1.54, 1.807) is 0 Å². The number of carboxylic acid groups (broad SMARTS) is 1. The summed E-state index contributed by atoms with van der Waals surface area (Å²) in [6.45, 7) is 0.143. The van der Waals surface area contributed by atoms with Gasteiger partial charge in [-0.25, -0.2) is 14.6 Å². The lowest BCUT2D eigenvalue weighted by molar-refractivity contribution is -0.139. The van der Waals surface area contributed by atoms with Crippen LogP contribution in [0.2, 0.25) is 0 Å². The number of carbonyl (C=O) groups is 2. The van der Waals surface area contributed by atoms with Gasteiger partial charge in [0.25, 0.3) is 0 Å². The van der Waals surface area contributed by atoms with Gasteiger partial charge in [-0.05, 0) is 40.8 Å². The lowest BCUT2D eigenvalue weighted by atomic mass is 9.98. The van der Waals surface area contributed by atoms with Crippen molar-refractivity contribution in [1.82, 2.24) is 10.3 Å². The fourth-order valence-electron chi connectivity index (χ4n) is 4.33. The average Bonchev–Trinajstić information content (AvgIpc) is 3.39. The Morgan fingerprint density at radius 3 is 2.27 bits per heavy atom. The normalized spacial score (nSPS) is 13.3. The van der Waals surface area contributed by atoms with Crippen LogP contribution in [-0.4, -0.2) is 34.8 Å². The quantitative estimate of drug-likeness (QED) is 0.396. The number of carbonyl (C=O) groups excluding carboxylic acids is 1. The van der Waals surface area contributed by atoms with Crippen molar-refractivity contribution in [3.05, 3.63) is 88.9 Å². The summed E-state index contributed by atoms with van der Waals surface area (Å²) in [6, 6.07) is 22.9. The van der Waals surface area contributed by atoms with E-state index in [1.165, 1.54) is 11.3 Å². The first kappa shape index (κ1) is 21.2. The number of alkyl carbamates (subject to hydrolysis) is 1. The zero-order valence-electron chi connectivity index (χ0n) is 17.7. The number of aromatic nitrogens is 1. The second-order valence-electron chi connectivity index (χ2n) is 7.97. The van der Waals surface area contributed by atoms with E-state index < -0.39 is 18.1 Å². The molecule has 6 nitrogen and oxygen atoms in total. The Balaban J connectivity index is 1.22. The fourth-order valence-corrected chi connectivity index (χ4v) is 5.32. The van der Waals surface area contributed by atoms with Crippen molar-refractivity contribution in [2.75, 3.05) is 6.61 Å². The second kappa shape index (κ2) is 9.03. The minimum absolute atomic E-state index is 0.0748. The van der Waals surface area contributed by atoms with Crippen LogP contribution in [0.4, 0.5) is 4.79 Å². The van der Waals surface area contributed by atoms with E-state index in [9.17, 15) is 14.7 Å². The Bertz CT molecular complexity index is 1250. The highest BCUT2D eigenvalue weighted by Crippen LogP contribution is 2.44. The number of benzene rings is 3. The molecule has 0 unspecified atom stereocenters. The number of carboxylic acids is 1. The summed E-state index contributed by atoms with van der Waals surface area (Å²) < 4.78 is 6.55. The molecule has 7 heteroatoms. The van der Waals surface area contributed by atoms with Crippen LogP contribution in [0.3, 0.4) is 0 Å². The molecule has 1 atom stereocenters. The summed E-state index contributed by atoms with van der Waals surface area (Å²) in [5, 5.41) is 12.9. The molecule has 5 rings (SSSR count). The number of para-hydroxylation sites is 1. The number of fused-ring (bicyclic) bond motifs is 4. The summed E-state index contributed by atoms with van der Waals surface area (Å²) >= 11 is 1.54. The van der Waals surface area contributed by atoms with E-state index in [1.807, 2.05) is 60.7 Å². The molecule has 2 N–H and O–H groups in total. The topological polar surface area (TPSA) is 88.5 Å². The Labute approximate surface area is 194 Å². The van der Waals surface area contributed by atoms with Crippen LogP contribution < -0.4 is 5.32 Å². The number of hydrogen-bond acceptors (Lipinski definition) is 5. The molecule has 0 aliphatic heterocycles. The first-order valence-electron chi connectivity index (χ1n) is 10.8. The number of thiazole rings is 1. The van der Waals surface area contributed by atoms with E-state index >= 15 is 0 Å². The minimum Gasteiger partial charge on any atom is -0.480 e.